The zero-order valence-corrected chi connectivity index (χ0v) is 3.66. The Labute approximate surface area is 42.9 Å². The molecule has 0 aliphatic heterocycles. The van der Waals surface area contributed by atoms with E-state index in [1.54, 1.807) is 18.3 Å². The Morgan fingerprint density at radius 2 is 2.86 bits per heavy atom. The maximum atomic E-state index is 6.40. The second kappa shape index (κ2) is 1.60. The lowest BCUT2D eigenvalue weighted by Crippen LogP contribution is -1.64. The Morgan fingerprint density at radius 3 is 3.29 bits per heavy atom. The quantitative estimate of drug-likeness (QED) is 0.560. The average Bonchev–Trinajstić information content (AvgIpc) is 1.90. The summed E-state index contributed by atoms with van der Waals surface area (Å²) in [6.45, 7) is 0. The van der Waals surface area contributed by atoms with Gasteiger partial charge in [0.1, 0.15) is 5.75 Å². The Bertz CT molecular complexity index is 154. The van der Waals surface area contributed by atoms with Gasteiger partial charge in [0, 0.05) is 6.20 Å². The normalized spacial score (nSPS) is 10.0. The minimum Gasteiger partial charge on any atom is -0.506 e. The van der Waals surface area contributed by atoms with Crippen molar-refractivity contribution in [2.24, 2.45) is 0 Å². The minimum absolute atomic E-state index is 0.465. The Morgan fingerprint density at radius 1 is 1.86 bits per heavy atom. The molecule has 2 heteroatoms. The first-order valence-electron chi connectivity index (χ1n) is 2.37. The third-order valence-electron chi connectivity index (χ3n) is 0.634. The van der Waals surface area contributed by atoms with Gasteiger partial charge in [0.15, 0.2) is 0 Å². The number of pyridine rings is 1. The molecule has 1 aromatic heterocycles. The highest BCUT2D eigenvalue weighted by Crippen LogP contribution is 1.99. The molecule has 0 saturated carbocycles. The number of aromatic nitrogens is 1. The number of aromatic hydroxyl groups is 1. The van der Waals surface area contributed by atoms with Crippen LogP contribution in [0.25, 0.3) is 0 Å². The molecule has 1 N–H and O–H groups in total. The fourth-order valence-corrected chi connectivity index (χ4v) is 0.347. The van der Waals surface area contributed by atoms with Crippen LogP contribution in [0, 0.1) is 0 Å². The van der Waals surface area contributed by atoms with Gasteiger partial charge in [0.05, 0.1) is 6.20 Å². The van der Waals surface area contributed by atoms with E-state index in [9.17, 15) is 0 Å². The van der Waals surface area contributed by atoms with E-state index >= 15 is 0 Å². The van der Waals surface area contributed by atoms with Crippen molar-refractivity contribution in [1.29, 1.82) is 1.43 Å². The standard InChI is InChI=1S/C5H5NO/c7-5-2-1-3-6-4-5/h1-4,7H/i/hD. The summed E-state index contributed by atoms with van der Waals surface area (Å²) >= 11 is 0. The van der Waals surface area contributed by atoms with Crippen molar-refractivity contribution in [2.75, 3.05) is 0 Å². The predicted molar refractivity (Wildman–Crippen MR) is 25.9 cm³/mol. The van der Waals surface area contributed by atoms with Gasteiger partial charge in [-0.25, -0.2) is 0 Å². The van der Waals surface area contributed by atoms with E-state index in [1.165, 1.54) is 6.20 Å². The molecule has 0 radical (unpaired) electrons. The molecule has 2 nitrogen and oxygen atoms in total. The first-order chi connectivity index (χ1) is 3.93. The van der Waals surface area contributed by atoms with E-state index < -0.39 is 0 Å². The minimum atomic E-state index is 0.465. The van der Waals surface area contributed by atoms with Gasteiger partial charge in [0.2, 0.25) is 0 Å². The highest BCUT2D eigenvalue weighted by atomic mass is 16.3. The molecule has 0 aliphatic rings. The SMILES string of the molecule is [2H]Oc1cccnc1. The smallest absolute Gasteiger partial charge is 0.293 e. The summed E-state index contributed by atoms with van der Waals surface area (Å²) in [5.74, 6) is 0.465. The molecular weight excluding hydrogens is 90.1 g/mol. The lowest BCUT2D eigenvalue weighted by molar-refractivity contribution is 0.472. The van der Waals surface area contributed by atoms with Crippen LogP contribution in [0.5, 0.6) is 5.75 Å². The van der Waals surface area contributed by atoms with Crippen LogP contribution in [-0.2, 0) is 0 Å². The fraction of sp³-hybridized carbons (Fsp3) is 0. The van der Waals surface area contributed by atoms with Gasteiger partial charge in [-0.2, -0.15) is 0 Å². The third-order valence-corrected chi connectivity index (χ3v) is 0.634. The second-order valence-corrected chi connectivity index (χ2v) is 1.19. The van der Waals surface area contributed by atoms with Gasteiger partial charge in [0.25, 0.3) is 1.43 Å². The third kappa shape index (κ3) is 0.892. The van der Waals surface area contributed by atoms with E-state index in [0.29, 0.717) is 5.75 Å². The van der Waals surface area contributed by atoms with Crippen LogP contribution in [0.2, 0.25) is 0 Å². The molecule has 7 heavy (non-hydrogen) atoms. The van der Waals surface area contributed by atoms with Crippen LogP contribution in [0.15, 0.2) is 24.5 Å². The van der Waals surface area contributed by atoms with Crippen LogP contribution >= 0.6 is 0 Å². The summed E-state index contributed by atoms with van der Waals surface area (Å²) in [4.78, 5) is 3.71. The number of nitrogens with zero attached hydrogens (tertiary/aromatic N) is 1. The van der Waals surface area contributed by atoms with Crippen molar-refractivity contribution in [2.45, 2.75) is 0 Å². The maximum absolute atomic E-state index is 6.40. The van der Waals surface area contributed by atoms with E-state index in [4.69, 9.17) is 1.43 Å². The summed E-state index contributed by atoms with van der Waals surface area (Å²) in [6.07, 6.45) is 3.11. The van der Waals surface area contributed by atoms with Crippen molar-refractivity contribution in [1.82, 2.24) is 4.98 Å². The van der Waals surface area contributed by atoms with E-state index in [1.807, 2.05) is 0 Å². The van der Waals surface area contributed by atoms with Crippen LogP contribution in [-0.4, -0.2) is 11.5 Å². The number of hydrogen-bond acceptors (Lipinski definition) is 2. The predicted octanol–water partition coefficient (Wildman–Crippen LogP) is 0.787. The molecule has 0 aromatic carbocycles. The van der Waals surface area contributed by atoms with Gasteiger partial charge in [-0.1, -0.05) is 0 Å². The van der Waals surface area contributed by atoms with Crippen molar-refractivity contribution < 1.29 is 5.11 Å². The Hall–Kier alpha value is -1.05. The molecular formula is C5H5NO. The van der Waals surface area contributed by atoms with Gasteiger partial charge in [-0.3, -0.25) is 4.98 Å². The highest BCUT2D eigenvalue weighted by molar-refractivity contribution is 5.12. The largest absolute Gasteiger partial charge is 0.506 e. The summed E-state index contributed by atoms with van der Waals surface area (Å²) in [7, 11) is 0. The molecule has 1 heterocycles. The molecule has 1 rings (SSSR count). The van der Waals surface area contributed by atoms with E-state index in [0.717, 1.165) is 0 Å². The molecule has 1 aromatic rings. The van der Waals surface area contributed by atoms with Crippen molar-refractivity contribution >= 4 is 0 Å². The molecule has 0 atom stereocenters. The fourth-order valence-electron chi connectivity index (χ4n) is 0.347. The highest BCUT2D eigenvalue weighted by Gasteiger charge is 1.76. The van der Waals surface area contributed by atoms with Gasteiger partial charge in [-0.05, 0) is 12.1 Å². The van der Waals surface area contributed by atoms with Crippen molar-refractivity contribution in [3.05, 3.63) is 24.5 Å². The van der Waals surface area contributed by atoms with E-state index in [-0.39, 0.29) is 0 Å². The monoisotopic (exact) mass is 96.0 g/mol. The van der Waals surface area contributed by atoms with Crippen LogP contribution in [0.1, 0.15) is 0 Å². The lowest BCUT2D eigenvalue weighted by Gasteiger charge is -1.81. The van der Waals surface area contributed by atoms with Crippen molar-refractivity contribution in [3.8, 4) is 5.75 Å². The first kappa shape index (κ1) is 3.02. The zero-order chi connectivity index (χ0) is 5.82. The topological polar surface area (TPSA) is 33.1 Å². The van der Waals surface area contributed by atoms with Gasteiger partial charge >= 0.3 is 0 Å². The molecule has 0 aliphatic carbocycles. The maximum Gasteiger partial charge on any atom is 0.293 e. The molecule has 0 bridgehead atoms. The summed E-state index contributed by atoms with van der Waals surface area (Å²) < 4.78 is 6.40. The first-order valence-corrected chi connectivity index (χ1v) is 1.96. The van der Waals surface area contributed by atoms with Crippen LogP contribution in [0.4, 0.5) is 0 Å². The van der Waals surface area contributed by atoms with Gasteiger partial charge < -0.3 is 5.11 Å². The summed E-state index contributed by atoms with van der Waals surface area (Å²) in [5.41, 5.74) is 0. The average molecular weight is 96.1 g/mol. The number of hydrogen-bond donors (Lipinski definition) is 1. The van der Waals surface area contributed by atoms with Crippen LogP contribution < -0.4 is 0 Å². The molecule has 0 amide bonds. The second-order valence-electron chi connectivity index (χ2n) is 1.19. The molecule has 0 fully saturated rings. The summed E-state index contributed by atoms with van der Waals surface area (Å²) in [6, 6.07) is 3.38. The van der Waals surface area contributed by atoms with Gasteiger partial charge in [-0.15, -0.1) is 0 Å². The van der Waals surface area contributed by atoms with E-state index in [2.05, 4.69) is 10.1 Å². The summed E-state index contributed by atoms with van der Waals surface area (Å²) in [5, 5.41) is 4.10. The Kier molecular flexibility index (Phi) is 0.689. The molecule has 0 spiro atoms. The Balaban J connectivity index is 2.83. The molecule has 0 unspecified atom stereocenters. The van der Waals surface area contributed by atoms with Crippen molar-refractivity contribution in [3.63, 3.8) is 0 Å². The molecule has 36 valence electrons. The number of rotatable bonds is 1. The lowest BCUT2D eigenvalue weighted by atomic mass is 10.5. The zero-order valence-electron chi connectivity index (χ0n) is 4.66. The van der Waals surface area contributed by atoms with Crippen LogP contribution in [0.3, 0.4) is 0 Å². The molecule has 0 saturated heterocycles.